The van der Waals surface area contributed by atoms with Crippen molar-refractivity contribution in [3.63, 3.8) is 0 Å². The van der Waals surface area contributed by atoms with Crippen LogP contribution in [-0.4, -0.2) is 14.1 Å². The summed E-state index contributed by atoms with van der Waals surface area (Å²) in [5.41, 5.74) is 0. The van der Waals surface area contributed by atoms with Crippen LogP contribution < -0.4 is 5.06 Å². The molecule has 0 spiro atoms. The molecule has 0 saturated heterocycles. The average molecular weight is 288 g/mol. The molecule has 0 aromatic carbocycles. The van der Waals surface area contributed by atoms with E-state index in [0.717, 1.165) is 0 Å². The van der Waals surface area contributed by atoms with E-state index in [0.29, 0.717) is 0 Å². The first-order valence-corrected chi connectivity index (χ1v) is 9.12. The molecule has 0 rings (SSSR count). The van der Waals surface area contributed by atoms with E-state index in [2.05, 4.69) is 13.8 Å². The number of quaternary nitrogens is 1. The highest BCUT2D eigenvalue weighted by Crippen LogP contribution is 2.12. The Morgan fingerprint density at radius 3 is 0.800 bits per heavy atom. The Morgan fingerprint density at radius 1 is 0.500 bits per heavy atom. The first kappa shape index (κ1) is 22.2. The van der Waals surface area contributed by atoms with Crippen molar-refractivity contribution in [2.24, 2.45) is 0 Å². The molecule has 124 valence electrons. The first-order chi connectivity index (χ1) is 9.65. The van der Waals surface area contributed by atoms with Crippen LogP contribution in [0.15, 0.2) is 0 Å². The van der Waals surface area contributed by atoms with Gasteiger partial charge in [0.2, 0.25) is 0 Å². The number of hydrogen-bond acceptors (Lipinski definition) is 1. The summed E-state index contributed by atoms with van der Waals surface area (Å²) in [6.07, 6.45) is 20.4. The standard InChI is InChI=1S/C16H34.C2H7NO/c1-3-5-7-9-11-13-15-16-14-12-10-8-6-4-2;1-3(2)4/h3-16H2,1-2H3;3H,1-2H3. The molecule has 0 bridgehead atoms. The van der Waals surface area contributed by atoms with Crippen LogP contribution in [0.3, 0.4) is 0 Å². The summed E-state index contributed by atoms with van der Waals surface area (Å²) in [6, 6.07) is 0. The van der Waals surface area contributed by atoms with Gasteiger partial charge in [0.1, 0.15) is 0 Å². The van der Waals surface area contributed by atoms with E-state index in [1.54, 1.807) is 0 Å². The summed E-state index contributed by atoms with van der Waals surface area (Å²) in [5, 5.41) is 9.61. The predicted octanol–water partition coefficient (Wildman–Crippen LogP) is 5.12. The molecular weight excluding hydrogens is 246 g/mol. The quantitative estimate of drug-likeness (QED) is 0.369. The molecule has 0 fully saturated rings. The van der Waals surface area contributed by atoms with Crippen molar-refractivity contribution >= 4 is 0 Å². The summed E-state index contributed by atoms with van der Waals surface area (Å²) in [7, 11) is 3.06. The molecule has 0 heterocycles. The fraction of sp³-hybridized carbons (Fsp3) is 1.00. The third-order valence-electron chi connectivity index (χ3n) is 3.46. The van der Waals surface area contributed by atoms with E-state index in [9.17, 15) is 5.21 Å². The highest BCUT2D eigenvalue weighted by atomic mass is 16.5. The Labute approximate surface area is 128 Å². The maximum absolute atomic E-state index is 9.44. The molecule has 1 N–H and O–H groups in total. The number of unbranched alkanes of at least 4 members (excludes halogenated alkanes) is 13. The van der Waals surface area contributed by atoms with Gasteiger partial charge in [-0.25, -0.2) is 0 Å². The highest BCUT2D eigenvalue weighted by Gasteiger charge is 1.92. The zero-order valence-corrected chi connectivity index (χ0v) is 14.8. The zero-order chi connectivity index (χ0) is 15.5. The van der Waals surface area contributed by atoms with E-state index in [-0.39, 0.29) is 5.06 Å². The minimum Gasteiger partial charge on any atom is -0.635 e. The third-order valence-corrected chi connectivity index (χ3v) is 3.46. The number of hydrogen-bond donors (Lipinski definition) is 1. The second-order valence-corrected chi connectivity index (χ2v) is 6.15. The van der Waals surface area contributed by atoms with Gasteiger partial charge in [-0.05, 0) is 0 Å². The molecule has 2 heteroatoms. The lowest BCUT2D eigenvalue weighted by atomic mass is 10.0. The second-order valence-electron chi connectivity index (χ2n) is 6.15. The Morgan fingerprint density at radius 2 is 0.650 bits per heavy atom. The van der Waals surface area contributed by atoms with E-state index >= 15 is 0 Å². The van der Waals surface area contributed by atoms with Gasteiger partial charge in [0.25, 0.3) is 0 Å². The van der Waals surface area contributed by atoms with Gasteiger partial charge in [0, 0.05) is 0 Å². The van der Waals surface area contributed by atoms with Crippen LogP contribution in [0.4, 0.5) is 0 Å². The third kappa shape index (κ3) is 30.7. The van der Waals surface area contributed by atoms with E-state index in [4.69, 9.17) is 0 Å². The van der Waals surface area contributed by atoms with Gasteiger partial charge in [-0.15, -0.1) is 0 Å². The van der Waals surface area contributed by atoms with Gasteiger partial charge in [-0.1, -0.05) is 104 Å². The van der Waals surface area contributed by atoms with Crippen LogP contribution in [0.1, 0.15) is 104 Å². The molecule has 0 aliphatic carbocycles. The van der Waals surface area contributed by atoms with Crippen LogP contribution in [0.2, 0.25) is 0 Å². The second kappa shape index (κ2) is 21.2. The molecule has 0 aliphatic heterocycles. The minimum absolute atomic E-state index is 0.167. The highest BCUT2D eigenvalue weighted by molar-refractivity contribution is 4.48. The molecule has 20 heavy (non-hydrogen) atoms. The summed E-state index contributed by atoms with van der Waals surface area (Å²) in [6.45, 7) is 4.58. The summed E-state index contributed by atoms with van der Waals surface area (Å²) in [4.78, 5) is 0. The van der Waals surface area contributed by atoms with Crippen LogP contribution in [0.5, 0.6) is 0 Å². The monoisotopic (exact) mass is 287 g/mol. The topological polar surface area (TPSA) is 27.5 Å². The Kier molecular flexibility index (Phi) is 23.6. The van der Waals surface area contributed by atoms with Gasteiger partial charge < -0.3 is 10.3 Å². The van der Waals surface area contributed by atoms with Crippen LogP contribution in [-0.2, 0) is 0 Å². The van der Waals surface area contributed by atoms with Crippen LogP contribution >= 0.6 is 0 Å². The predicted molar refractivity (Wildman–Crippen MR) is 92.2 cm³/mol. The lowest BCUT2D eigenvalue weighted by molar-refractivity contribution is -0.802. The van der Waals surface area contributed by atoms with Gasteiger partial charge in [-0.2, -0.15) is 0 Å². The normalized spacial score (nSPS) is 10.5. The number of hydroxylamine groups is 2. The summed E-state index contributed by atoms with van der Waals surface area (Å²) < 4.78 is 0. The molecule has 0 unspecified atom stereocenters. The Balaban J connectivity index is 0. The van der Waals surface area contributed by atoms with Crippen LogP contribution in [0, 0.1) is 5.21 Å². The molecule has 0 saturated carbocycles. The molecule has 0 aromatic heterocycles. The van der Waals surface area contributed by atoms with Crippen molar-refractivity contribution < 1.29 is 5.06 Å². The van der Waals surface area contributed by atoms with Crippen LogP contribution in [0.25, 0.3) is 0 Å². The van der Waals surface area contributed by atoms with Gasteiger partial charge in [0.05, 0.1) is 14.1 Å². The maximum Gasteiger partial charge on any atom is 0.0660 e. The number of nitrogens with one attached hydrogen (secondary N) is 1. The van der Waals surface area contributed by atoms with Crippen molar-refractivity contribution in [1.82, 2.24) is 0 Å². The summed E-state index contributed by atoms with van der Waals surface area (Å²) >= 11 is 0. The molecule has 2 nitrogen and oxygen atoms in total. The van der Waals surface area contributed by atoms with Gasteiger partial charge in [0.15, 0.2) is 0 Å². The van der Waals surface area contributed by atoms with Crippen molar-refractivity contribution in [2.45, 2.75) is 104 Å². The fourth-order valence-corrected chi connectivity index (χ4v) is 2.27. The van der Waals surface area contributed by atoms with E-state index < -0.39 is 0 Å². The lowest BCUT2D eigenvalue weighted by Crippen LogP contribution is -3.00. The molecule has 0 aliphatic rings. The minimum atomic E-state index is 0.167. The lowest BCUT2D eigenvalue weighted by Gasteiger charge is -2.04. The largest absolute Gasteiger partial charge is 0.635 e. The Bertz CT molecular complexity index is 132. The zero-order valence-electron chi connectivity index (χ0n) is 14.8. The molecular formula is C18H41NO. The van der Waals surface area contributed by atoms with Crippen molar-refractivity contribution in [1.29, 1.82) is 0 Å². The van der Waals surface area contributed by atoms with Crippen molar-refractivity contribution in [3.8, 4) is 0 Å². The Hall–Kier alpha value is -0.0800. The smallest absolute Gasteiger partial charge is 0.0660 e. The van der Waals surface area contributed by atoms with E-state index in [1.807, 2.05) is 0 Å². The molecule has 0 radical (unpaired) electrons. The van der Waals surface area contributed by atoms with E-state index in [1.165, 1.54) is 104 Å². The number of rotatable bonds is 13. The van der Waals surface area contributed by atoms with Gasteiger partial charge >= 0.3 is 0 Å². The molecule has 0 amide bonds. The molecule has 0 aromatic rings. The SMILES string of the molecule is CCCCCCCCCCCCCCCC.C[NH+](C)[O-]. The fourth-order valence-electron chi connectivity index (χ4n) is 2.27. The molecule has 0 atom stereocenters. The maximum atomic E-state index is 9.44. The van der Waals surface area contributed by atoms with Crippen molar-refractivity contribution in [3.05, 3.63) is 5.21 Å². The van der Waals surface area contributed by atoms with Gasteiger partial charge in [-0.3, -0.25) is 0 Å². The summed E-state index contributed by atoms with van der Waals surface area (Å²) in [5.74, 6) is 0. The van der Waals surface area contributed by atoms with Crippen molar-refractivity contribution in [2.75, 3.05) is 14.1 Å². The first-order valence-electron chi connectivity index (χ1n) is 9.12. The average Bonchev–Trinajstić information content (AvgIpc) is 2.39.